The molecule has 150 valence electrons. The summed E-state index contributed by atoms with van der Waals surface area (Å²) < 4.78 is 59.2. The molecule has 0 saturated heterocycles. The fourth-order valence-electron chi connectivity index (χ4n) is 2.03. The first-order valence-corrected chi connectivity index (χ1v) is 11.1. The Hall–Kier alpha value is -1.43. The maximum Gasteiger partial charge on any atom is 0.281 e. The summed E-state index contributed by atoms with van der Waals surface area (Å²) in [5, 5.41) is 21.4. The highest BCUT2D eigenvalue weighted by molar-refractivity contribution is 7.94. The molecule has 0 aromatic carbocycles. The van der Waals surface area contributed by atoms with E-state index in [9.17, 15) is 31.5 Å². The minimum absolute atomic E-state index is 0.101. The van der Waals surface area contributed by atoms with E-state index in [1.165, 1.54) is 0 Å². The second kappa shape index (κ2) is 8.98. The standard InChI is InChI=1S/C10H16N2O11S3/c1-25(17,18)11-7-8(13)6(2-5-26(19,20)21)9(14)12(10(7)15)3-4-24-23-22-16/h6,11,13,16H,2-5H2,1H3,(H,19,20,21). The highest BCUT2D eigenvalue weighted by atomic mass is 32.2. The highest BCUT2D eigenvalue weighted by Gasteiger charge is 2.42. The van der Waals surface area contributed by atoms with Gasteiger partial charge in [-0.25, -0.2) is 13.7 Å². The topological polar surface area (TPSA) is 197 Å². The van der Waals surface area contributed by atoms with Crippen molar-refractivity contribution in [2.24, 2.45) is 5.92 Å². The normalized spacial score (nSPS) is 19.2. The second-order valence-corrected chi connectivity index (χ2v) is 9.12. The summed E-state index contributed by atoms with van der Waals surface area (Å²) >= 11 is 0.514. The molecule has 1 aliphatic heterocycles. The van der Waals surface area contributed by atoms with E-state index in [4.69, 9.17) is 9.81 Å². The molecule has 0 saturated carbocycles. The van der Waals surface area contributed by atoms with Crippen LogP contribution in [0.15, 0.2) is 11.5 Å². The molecule has 0 aromatic rings. The van der Waals surface area contributed by atoms with Crippen LogP contribution >= 0.6 is 12.0 Å². The molecule has 1 heterocycles. The van der Waals surface area contributed by atoms with Gasteiger partial charge in [0, 0.05) is 24.3 Å². The van der Waals surface area contributed by atoms with E-state index in [1.807, 2.05) is 0 Å². The zero-order chi connectivity index (χ0) is 20.1. The number of carbonyl (C=O) groups excluding carboxylic acids is 2. The summed E-state index contributed by atoms with van der Waals surface area (Å²) in [7, 11) is -8.48. The number of carbonyl (C=O) groups is 2. The van der Waals surface area contributed by atoms with E-state index >= 15 is 0 Å². The molecule has 2 amide bonds. The quantitative estimate of drug-likeness (QED) is 0.0784. The van der Waals surface area contributed by atoms with E-state index in [0.717, 1.165) is 0 Å². The van der Waals surface area contributed by atoms with Gasteiger partial charge in [-0.2, -0.15) is 8.42 Å². The highest BCUT2D eigenvalue weighted by Crippen LogP contribution is 2.26. The Morgan fingerprint density at radius 3 is 2.38 bits per heavy atom. The smallest absolute Gasteiger partial charge is 0.281 e. The maximum absolute atomic E-state index is 12.4. The van der Waals surface area contributed by atoms with Gasteiger partial charge in [0.15, 0.2) is 5.70 Å². The monoisotopic (exact) mass is 436 g/mol. The van der Waals surface area contributed by atoms with Crippen LogP contribution in [0.25, 0.3) is 0 Å². The Morgan fingerprint density at radius 1 is 1.27 bits per heavy atom. The van der Waals surface area contributed by atoms with E-state index in [0.29, 0.717) is 23.2 Å². The summed E-state index contributed by atoms with van der Waals surface area (Å²) in [4.78, 5) is 25.2. The number of aliphatic hydroxyl groups is 1. The van der Waals surface area contributed by atoms with Crippen LogP contribution in [0.3, 0.4) is 0 Å². The Balaban J connectivity index is 3.16. The third-order valence-corrected chi connectivity index (χ3v) is 4.87. The summed E-state index contributed by atoms with van der Waals surface area (Å²) in [6.45, 7) is -0.337. The molecule has 1 unspecified atom stereocenters. The third-order valence-electron chi connectivity index (χ3n) is 3.04. The fraction of sp³-hybridized carbons (Fsp3) is 0.600. The number of nitrogens with one attached hydrogen (secondary N) is 1. The van der Waals surface area contributed by atoms with Crippen molar-refractivity contribution in [3.05, 3.63) is 11.5 Å². The number of sulfonamides is 1. The zero-order valence-corrected chi connectivity index (χ0v) is 15.6. The SMILES string of the molecule is CS(=O)(=O)NC1=C(O)C(CCS(=O)(=O)O)C(=O)N(CCSOOO)C1=O. The molecule has 1 aliphatic rings. The Labute approximate surface area is 152 Å². The van der Waals surface area contributed by atoms with E-state index in [1.54, 1.807) is 4.72 Å². The van der Waals surface area contributed by atoms with Crippen LogP contribution in [-0.2, 0) is 39.1 Å². The van der Waals surface area contributed by atoms with Gasteiger partial charge < -0.3 is 5.11 Å². The van der Waals surface area contributed by atoms with Crippen LogP contribution < -0.4 is 4.72 Å². The Morgan fingerprint density at radius 2 is 1.88 bits per heavy atom. The van der Waals surface area contributed by atoms with E-state index in [2.05, 4.69) is 9.37 Å². The van der Waals surface area contributed by atoms with Crippen molar-refractivity contribution >= 4 is 44.0 Å². The van der Waals surface area contributed by atoms with Gasteiger partial charge in [0.05, 0.1) is 17.9 Å². The average molecular weight is 436 g/mol. The van der Waals surface area contributed by atoms with Gasteiger partial charge in [0.2, 0.25) is 15.9 Å². The van der Waals surface area contributed by atoms with Gasteiger partial charge in [-0.15, -0.1) is 4.33 Å². The Kier molecular flexibility index (Phi) is 7.81. The minimum Gasteiger partial charge on any atom is -0.509 e. The molecule has 0 bridgehead atoms. The number of amides is 2. The number of aliphatic hydroxyl groups excluding tert-OH is 1. The fourth-order valence-corrected chi connectivity index (χ4v) is 3.49. The van der Waals surface area contributed by atoms with Crippen molar-refractivity contribution in [2.45, 2.75) is 6.42 Å². The molecular formula is C10H16N2O11S3. The average Bonchev–Trinajstić information content (AvgIpc) is 2.48. The first-order chi connectivity index (χ1) is 11.9. The lowest BCUT2D eigenvalue weighted by atomic mass is 9.96. The van der Waals surface area contributed by atoms with Crippen LogP contribution in [0, 0.1) is 5.92 Å². The summed E-state index contributed by atoms with van der Waals surface area (Å²) in [5.74, 6) is -5.69. The molecule has 0 spiro atoms. The Bertz CT molecular complexity index is 789. The molecule has 0 aromatic heterocycles. The zero-order valence-electron chi connectivity index (χ0n) is 13.2. The third kappa shape index (κ3) is 6.71. The van der Waals surface area contributed by atoms with Gasteiger partial charge in [0.25, 0.3) is 16.0 Å². The minimum atomic E-state index is -4.47. The molecule has 0 aliphatic carbocycles. The molecule has 1 rings (SSSR count). The molecule has 4 N–H and O–H groups in total. The van der Waals surface area contributed by atoms with E-state index in [-0.39, 0.29) is 12.3 Å². The lowest BCUT2D eigenvalue weighted by molar-refractivity contribution is -0.432. The molecule has 16 heteroatoms. The van der Waals surface area contributed by atoms with Crippen LogP contribution in [0.4, 0.5) is 0 Å². The second-order valence-electron chi connectivity index (χ2n) is 5.02. The largest absolute Gasteiger partial charge is 0.509 e. The summed E-state index contributed by atoms with van der Waals surface area (Å²) in [6.07, 6.45) is 0.114. The molecule has 1 atom stereocenters. The summed E-state index contributed by atoms with van der Waals surface area (Å²) in [6, 6.07) is 0. The van der Waals surface area contributed by atoms with Crippen molar-refractivity contribution in [1.82, 2.24) is 9.62 Å². The van der Waals surface area contributed by atoms with Crippen LogP contribution in [0.2, 0.25) is 0 Å². The number of imide groups is 1. The van der Waals surface area contributed by atoms with Crippen molar-refractivity contribution in [2.75, 3.05) is 24.3 Å². The number of rotatable bonds is 10. The van der Waals surface area contributed by atoms with Gasteiger partial charge in [-0.1, -0.05) is 5.04 Å². The number of hydrogen-bond donors (Lipinski definition) is 4. The van der Waals surface area contributed by atoms with Gasteiger partial charge >= 0.3 is 0 Å². The van der Waals surface area contributed by atoms with Gasteiger partial charge in [-0.05, 0) is 6.42 Å². The van der Waals surface area contributed by atoms with E-state index < -0.39 is 61.5 Å². The predicted molar refractivity (Wildman–Crippen MR) is 86.1 cm³/mol. The van der Waals surface area contributed by atoms with Crippen molar-refractivity contribution in [3.63, 3.8) is 0 Å². The van der Waals surface area contributed by atoms with Crippen LogP contribution in [0.1, 0.15) is 6.42 Å². The molecule has 13 nitrogen and oxygen atoms in total. The summed E-state index contributed by atoms with van der Waals surface area (Å²) in [5.41, 5.74) is -0.809. The molecule has 26 heavy (non-hydrogen) atoms. The van der Waals surface area contributed by atoms with Gasteiger partial charge in [-0.3, -0.25) is 23.8 Å². The number of hydrogen-bond acceptors (Lipinski definition) is 11. The lowest BCUT2D eigenvalue weighted by Crippen LogP contribution is -2.51. The maximum atomic E-state index is 12.4. The first kappa shape index (κ1) is 22.6. The molecular weight excluding hydrogens is 420 g/mol. The number of nitrogens with zero attached hydrogens (tertiary/aromatic N) is 1. The van der Waals surface area contributed by atoms with Crippen LogP contribution in [-0.4, -0.2) is 72.8 Å². The van der Waals surface area contributed by atoms with Crippen molar-refractivity contribution < 1.29 is 50.7 Å². The van der Waals surface area contributed by atoms with Crippen LogP contribution in [0.5, 0.6) is 0 Å². The van der Waals surface area contributed by atoms with Gasteiger partial charge in [0.1, 0.15) is 5.76 Å². The van der Waals surface area contributed by atoms with Crippen molar-refractivity contribution in [1.29, 1.82) is 0 Å². The lowest BCUT2D eigenvalue weighted by Gasteiger charge is -2.31. The molecule has 0 fully saturated rings. The first-order valence-electron chi connectivity index (χ1n) is 6.69. The predicted octanol–water partition coefficient (Wildman–Crippen LogP) is -1.36. The van der Waals surface area contributed by atoms with Crippen molar-refractivity contribution in [3.8, 4) is 0 Å². The molecule has 0 radical (unpaired) electrons.